The van der Waals surface area contributed by atoms with Gasteiger partial charge in [-0.25, -0.2) is 13.8 Å². The summed E-state index contributed by atoms with van der Waals surface area (Å²) in [6.07, 6.45) is 2.44. The van der Waals surface area contributed by atoms with E-state index in [-0.39, 0.29) is 6.61 Å². The van der Waals surface area contributed by atoms with Crippen LogP contribution in [0.4, 0.5) is 5.69 Å². The highest BCUT2D eigenvalue weighted by Crippen LogP contribution is 2.21. The number of amides is 2. The maximum Gasteiger partial charge on any atom is 0.260 e. The third-order valence-electron chi connectivity index (χ3n) is 4.13. The summed E-state index contributed by atoms with van der Waals surface area (Å²) in [7, 11) is -3.66. The van der Waals surface area contributed by atoms with E-state index >= 15 is 0 Å². The van der Waals surface area contributed by atoms with E-state index in [9.17, 15) is 18.0 Å². The number of hydrazone groups is 1. The standard InChI is InChI=1S/C20H24N4O5S/c1-14-4-7-17(10-15(14)2)24(30(3,27)28)12-20(26)23-22-11-16-5-8-18(9-6-16)29-13-19(21)25/h4-11H,12-13H2,1-3H3,(H2,21,25)(H,23,26)/b22-11-. The number of benzene rings is 2. The van der Waals surface area contributed by atoms with Crippen LogP contribution in [0, 0.1) is 13.8 Å². The minimum Gasteiger partial charge on any atom is -0.484 e. The molecule has 3 N–H and O–H groups in total. The first-order valence-electron chi connectivity index (χ1n) is 8.94. The van der Waals surface area contributed by atoms with Gasteiger partial charge in [0, 0.05) is 0 Å². The van der Waals surface area contributed by atoms with Crippen molar-refractivity contribution < 1.29 is 22.7 Å². The van der Waals surface area contributed by atoms with Crippen LogP contribution in [0.1, 0.15) is 16.7 Å². The van der Waals surface area contributed by atoms with Crippen molar-refractivity contribution in [3.05, 3.63) is 59.2 Å². The molecule has 0 unspecified atom stereocenters. The highest BCUT2D eigenvalue weighted by Gasteiger charge is 2.21. The van der Waals surface area contributed by atoms with Crippen molar-refractivity contribution in [1.29, 1.82) is 0 Å². The van der Waals surface area contributed by atoms with Crippen LogP contribution in [-0.4, -0.2) is 45.9 Å². The molecule has 2 rings (SSSR count). The first-order valence-corrected chi connectivity index (χ1v) is 10.8. The molecular weight excluding hydrogens is 408 g/mol. The number of nitrogens with two attached hydrogens (primary N) is 1. The molecule has 0 fully saturated rings. The molecule has 10 heteroatoms. The van der Waals surface area contributed by atoms with E-state index in [4.69, 9.17) is 10.5 Å². The molecule has 30 heavy (non-hydrogen) atoms. The molecule has 0 heterocycles. The van der Waals surface area contributed by atoms with Crippen LogP contribution < -0.4 is 20.2 Å². The number of sulfonamides is 1. The first kappa shape index (κ1) is 22.9. The monoisotopic (exact) mass is 432 g/mol. The summed E-state index contributed by atoms with van der Waals surface area (Å²) < 4.78 is 30.5. The second-order valence-electron chi connectivity index (χ2n) is 6.66. The maximum absolute atomic E-state index is 12.2. The zero-order chi connectivity index (χ0) is 22.3. The van der Waals surface area contributed by atoms with Crippen LogP contribution in [0.25, 0.3) is 0 Å². The van der Waals surface area contributed by atoms with Gasteiger partial charge in [0.25, 0.3) is 11.8 Å². The lowest BCUT2D eigenvalue weighted by atomic mass is 10.1. The molecule has 2 aromatic carbocycles. The van der Waals surface area contributed by atoms with Gasteiger partial charge in [-0.15, -0.1) is 0 Å². The zero-order valence-corrected chi connectivity index (χ0v) is 17.8. The Hall–Kier alpha value is -3.40. The average Bonchev–Trinajstić information content (AvgIpc) is 2.67. The maximum atomic E-state index is 12.2. The molecule has 0 atom stereocenters. The summed E-state index contributed by atoms with van der Waals surface area (Å²) in [4.78, 5) is 22.9. The smallest absolute Gasteiger partial charge is 0.260 e. The SMILES string of the molecule is Cc1ccc(N(CC(=O)N/N=C\c2ccc(OCC(N)=O)cc2)S(C)(=O)=O)cc1C. The predicted molar refractivity (Wildman–Crippen MR) is 115 cm³/mol. The van der Waals surface area contributed by atoms with Crippen LogP contribution in [0.15, 0.2) is 47.6 Å². The van der Waals surface area contributed by atoms with Crippen molar-refractivity contribution in [2.75, 3.05) is 23.7 Å². The summed E-state index contributed by atoms with van der Waals surface area (Å²) in [6.45, 7) is 3.16. The molecule has 0 aliphatic carbocycles. The fourth-order valence-electron chi connectivity index (χ4n) is 2.43. The van der Waals surface area contributed by atoms with Gasteiger partial charge in [-0.3, -0.25) is 13.9 Å². The topological polar surface area (TPSA) is 131 Å². The Bertz CT molecular complexity index is 1050. The average molecular weight is 433 g/mol. The summed E-state index contributed by atoms with van der Waals surface area (Å²) in [5.41, 5.74) is 10.3. The summed E-state index contributed by atoms with van der Waals surface area (Å²) >= 11 is 0. The van der Waals surface area contributed by atoms with E-state index in [0.29, 0.717) is 17.0 Å². The zero-order valence-electron chi connectivity index (χ0n) is 17.0. The number of rotatable bonds is 9. The third kappa shape index (κ3) is 6.89. The number of ether oxygens (including phenoxy) is 1. The molecule has 0 spiro atoms. The molecular formula is C20H24N4O5S. The van der Waals surface area contributed by atoms with Gasteiger partial charge in [0.05, 0.1) is 18.2 Å². The molecule has 0 radical (unpaired) electrons. The lowest BCUT2D eigenvalue weighted by molar-refractivity contribution is -0.120. The predicted octanol–water partition coefficient (Wildman–Crippen LogP) is 1.08. The summed E-state index contributed by atoms with van der Waals surface area (Å²) in [6, 6.07) is 11.8. The van der Waals surface area contributed by atoms with Gasteiger partial charge in [-0.2, -0.15) is 5.10 Å². The van der Waals surface area contributed by atoms with Crippen LogP contribution in [0.5, 0.6) is 5.75 Å². The van der Waals surface area contributed by atoms with E-state index in [1.54, 1.807) is 42.5 Å². The Morgan fingerprint density at radius 3 is 2.37 bits per heavy atom. The Labute approximate surface area is 175 Å². The molecule has 2 aromatic rings. The van der Waals surface area contributed by atoms with Crippen LogP contribution in [-0.2, 0) is 19.6 Å². The van der Waals surface area contributed by atoms with Crippen molar-refractivity contribution in [1.82, 2.24) is 5.43 Å². The number of hydrogen-bond donors (Lipinski definition) is 2. The summed E-state index contributed by atoms with van der Waals surface area (Å²) in [5.74, 6) is -0.698. The largest absolute Gasteiger partial charge is 0.484 e. The van der Waals surface area contributed by atoms with Crippen molar-refractivity contribution in [3.63, 3.8) is 0 Å². The van der Waals surface area contributed by atoms with Gasteiger partial charge in [-0.1, -0.05) is 6.07 Å². The van der Waals surface area contributed by atoms with Gasteiger partial charge in [0.2, 0.25) is 10.0 Å². The number of primary amides is 1. The van der Waals surface area contributed by atoms with E-state index in [0.717, 1.165) is 21.7 Å². The van der Waals surface area contributed by atoms with Crippen molar-refractivity contribution in [2.45, 2.75) is 13.8 Å². The van der Waals surface area contributed by atoms with Crippen molar-refractivity contribution in [2.24, 2.45) is 10.8 Å². The normalized spacial score (nSPS) is 11.3. The third-order valence-corrected chi connectivity index (χ3v) is 5.27. The second-order valence-corrected chi connectivity index (χ2v) is 8.56. The Morgan fingerprint density at radius 1 is 1.13 bits per heavy atom. The number of carbonyl (C=O) groups is 2. The molecule has 0 aliphatic heterocycles. The molecule has 0 aliphatic rings. The van der Waals surface area contributed by atoms with Crippen molar-refractivity contribution >= 4 is 33.7 Å². The van der Waals surface area contributed by atoms with E-state index in [1.807, 2.05) is 13.8 Å². The fourth-order valence-corrected chi connectivity index (χ4v) is 3.28. The second kappa shape index (κ2) is 9.88. The Kier molecular flexibility index (Phi) is 7.54. The number of aryl methyl sites for hydroxylation is 2. The van der Waals surface area contributed by atoms with Crippen LogP contribution in [0.3, 0.4) is 0 Å². The fraction of sp³-hybridized carbons (Fsp3) is 0.250. The number of hydrogen-bond acceptors (Lipinski definition) is 6. The van der Waals surface area contributed by atoms with Crippen LogP contribution >= 0.6 is 0 Å². The minimum absolute atomic E-state index is 0.221. The van der Waals surface area contributed by atoms with E-state index < -0.39 is 28.4 Å². The Balaban J connectivity index is 2.00. The molecule has 2 amide bonds. The number of nitrogens with one attached hydrogen (secondary N) is 1. The number of anilines is 1. The van der Waals surface area contributed by atoms with Gasteiger partial charge >= 0.3 is 0 Å². The quantitative estimate of drug-likeness (QED) is 0.452. The van der Waals surface area contributed by atoms with Gasteiger partial charge in [-0.05, 0) is 66.9 Å². The van der Waals surface area contributed by atoms with Crippen LogP contribution in [0.2, 0.25) is 0 Å². The molecule has 0 saturated heterocycles. The van der Waals surface area contributed by atoms with E-state index in [2.05, 4.69) is 10.5 Å². The highest BCUT2D eigenvalue weighted by atomic mass is 32.2. The minimum atomic E-state index is -3.66. The molecule has 9 nitrogen and oxygen atoms in total. The molecule has 0 saturated carbocycles. The number of carbonyl (C=O) groups excluding carboxylic acids is 2. The molecule has 160 valence electrons. The molecule has 0 bridgehead atoms. The highest BCUT2D eigenvalue weighted by molar-refractivity contribution is 7.92. The van der Waals surface area contributed by atoms with Gasteiger partial charge in [0.15, 0.2) is 6.61 Å². The van der Waals surface area contributed by atoms with Gasteiger partial charge in [0.1, 0.15) is 12.3 Å². The Morgan fingerprint density at radius 2 is 1.80 bits per heavy atom. The lowest BCUT2D eigenvalue weighted by Gasteiger charge is -2.22. The number of nitrogens with zero attached hydrogens (tertiary/aromatic N) is 2. The van der Waals surface area contributed by atoms with Crippen molar-refractivity contribution in [3.8, 4) is 5.75 Å². The van der Waals surface area contributed by atoms with Gasteiger partial charge < -0.3 is 10.5 Å². The first-order chi connectivity index (χ1) is 14.1. The molecule has 0 aromatic heterocycles. The lowest BCUT2D eigenvalue weighted by Crippen LogP contribution is -2.39. The summed E-state index contributed by atoms with van der Waals surface area (Å²) in [5, 5.41) is 3.84. The van der Waals surface area contributed by atoms with E-state index in [1.165, 1.54) is 6.21 Å².